The van der Waals surface area contributed by atoms with Crippen LogP contribution in [0.5, 0.6) is 0 Å². The highest BCUT2D eigenvalue weighted by Gasteiger charge is 2.09. The molecule has 0 aliphatic heterocycles. The summed E-state index contributed by atoms with van der Waals surface area (Å²) in [5, 5.41) is 0. The van der Waals surface area contributed by atoms with Gasteiger partial charge in [-0.1, -0.05) is 74.7 Å². The molecule has 2 aromatic carbocycles. The minimum absolute atomic E-state index is 0.366. The second-order valence-corrected chi connectivity index (χ2v) is 6.21. The van der Waals surface area contributed by atoms with E-state index < -0.39 is 0 Å². The van der Waals surface area contributed by atoms with Crippen molar-refractivity contribution in [3.63, 3.8) is 0 Å². The Labute approximate surface area is 156 Å². The SMILES string of the molecule is CCCCCCC(C=Nc1ccccc1C(=O)OC)=Cc1ccccc1. The summed E-state index contributed by atoms with van der Waals surface area (Å²) in [6, 6.07) is 17.5. The zero-order chi connectivity index (χ0) is 18.6. The predicted molar refractivity (Wildman–Crippen MR) is 109 cm³/mol. The number of aliphatic imine (C=N–C) groups is 1. The van der Waals surface area contributed by atoms with Crippen molar-refractivity contribution >= 4 is 23.9 Å². The Morgan fingerprint density at radius 3 is 2.46 bits per heavy atom. The highest BCUT2D eigenvalue weighted by atomic mass is 16.5. The van der Waals surface area contributed by atoms with Crippen LogP contribution in [-0.2, 0) is 4.74 Å². The Morgan fingerprint density at radius 2 is 1.73 bits per heavy atom. The Bertz CT molecular complexity index is 748. The van der Waals surface area contributed by atoms with E-state index in [0.29, 0.717) is 11.3 Å². The number of rotatable bonds is 9. The number of carbonyl (C=O) groups excluding carboxylic acids is 1. The Kier molecular flexibility index (Phi) is 8.34. The van der Waals surface area contributed by atoms with E-state index in [2.05, 4.69) is 30.1 Å². The average molecular weight is 349 g/mol. The molecule has 0 radical (unpaired) electrons. The van der Waals surface area contributed by atoms with Crippen molar-refractivity contribution < 1.29 is 9.53 Å². The first-order valence-corrected chi connectivity index (χ1v) is 9.21. The maximum atomic E-state index is 11.9. The lowest BCUT2D eigenvalue weighted by molar-refractivity contribution is 0.0601. The van der Waals surface area contributed by atoms with Crippen LogP contribution in [0, 0.1) is 0 Å². The van der Waals surface area contributed by atoms with Crippen LogP contribution >= 0.6 is 0 Å². The van der Waals surface area contributed by atoms with Gasteiger partial charge in [-0.15, -0.1) is 0 Å². The highest BCUT2D eigenvalue weighted by molar-refractivity contribution is 5.96. The summed E-state index contributed by atoms with van der Waals surface area (Å²) >= 11 is 0. The fraction of sp³-hybridized carbons (Fsp3) is 0.304. The van der Waals surface area contributed by atoms with Crippen LogP contribution < -0.4 is 0 Å². The van der Waals surface area contributed by atoms with Crippen LogP contribution in [0.25, 0.3) is 6.08 Å². The zero-order valence-corrected chi connectivity index (χ0v) is 15.7. The molecule has 3 nitrogen and oxygen atoms in total. The smallest absolute Gasteiger partial charge is 0.340 e. The third-order valence-electron chi connectivity index (χ3n) is 4.15. The first kappa shape index (κ1) is 19.6. The molecule has 0 aliphatic rings. The van der Waals surface area contributed by atoms with Crippen molar-refractivity contribution in [1.82, 2.24) is 0 Å². The third kappa shape index (κ3) is 6.32. The summed E-state index contributed by atoms with van der Waals surface area (Å²) in [5.74, 6) is -0.366. The molecule has 0 aromatic heterocycles. The molecule has 0 heterocycles. The maximum absolute atomic E-state index is 11.9. The molecule has 0 saturated heterocycles. The summed E-state index contributed by atoms with van der Waals surface area (Å²) in [7, 11) is 1.39. The number of nitrogens with zero attached hydrogens (tertiary/aromatic N) is 1. The molecular formula is C23H27NO2. The molecule has 0 bridgehead atoms. The molecular weight excluding hydrogens is 322 g/mol. The molecule has 3 heteroatoms. The van der Waals surface area contributed by atoms with Crippen LogP contribution in [0.3, 0.4) is 0 Å². The Morgan fingerprint density at radius 1 is 1.00 bits per heavy atom. The van der Waals surface area contributed by atoms with Crippen LogP contribution in [0.1, 0.15) is 54.9 Å². The van der Waals surface area contributed by atoms with Gasteiger partial charge in [-0.3, -0.25) is 4.99 Å². The topological polar surface area (TPSA) is 38.7 Å². The van der Waals surface area contributed by atoms with E-state index in [0.717, 1.165) is 24.0 Å². The standard InChI is InChI=1S/C23H27NO2/c1-3-4-5-7-14-20(17-19-12-8-6-9-13-19)18-24-22-16-11-10-15-21(22)23(25)26-2/h6,8-13,15-18H,3-5,7,14H2,1-2H3. The van der Waals surface area contributed by atoms with E-state index in [9.17, 15) is 4.79 Å². The highest BCUT2D eigenvalue weighted by Crippen LogP contribution is 2.21. The quantitative estimate of drug-likeness (QED) is 0.306. The van der Waals surface area contributed by atoms with Gasteiger partial charge in [-0.2, -0.15) is 0 Å². The Balaban J connectivity index is 2.22. The number of hydrogen-bond acceptors (Lipinski definition) is 3. The molecule has 2 rings (SSSR count). The fourth-order valence-corrected chi connectivity index (χ4v) is 2.71. The molecule has 0 fully saturated rings. The lowest BCUT2D eigenvalue weighted by Gasteiger charge is -2.05. The van der Waals surface area contributed by atoms with E-state index in [1.807, 2.05) is 42.6 Å². The van der Waals surface area contributed by atoms with Gasteiger partial charge in [0.25, 0.3) is 0 Å². The summed E-state index contributed by atoms with van der Waals surface area (Å²) in [6.45, 7) is 2.21. The number of carbonyl (C=O) groups is 1. The zero-order valence-electron chi connectivity index (χ0n) is 15.7. The first-order chi connectivity index (χ1) is 12.7. The van der Waals surface area contributed by atoms with Gasteiger partial charge in [0.15, 0.2) is 0 Å². The molecule has 0 saturated carbocycles. The lowest BCUT2D eigenvalue weighted by atomic mass is 10.0. The molecule has 2 aromatic rings. The maximum Gasteiger partial charge on any atom is 0.340 e. The molecule has 136 valence electrons. The van der Waals surface area contributed by atoms with Gasteiger partial charge in [-0.05, 0) is 36.1 Å². The van der Waals surface area contributed by atoms with Gasteiger partial charge in [0, 0.05) is 6.21 Å². The van der Waals surface area contributed by atoms with Gasteiger partial charge in [-0.25, -0.2) is 4.79 Å². The van der Waals surface area contributed by atoms with Crippen LogP contribution in [0.15, 0.2) is 65.2 Å². The summed E-state index contributed by atoms with van der Waals surface area (Å²) in [5.41, 5.74) is 3.43. The number of allylic oxidation sites excluding steroid dienone is 1. The van der Waals surface area contributed by atoms with E-state index in [4.69, 9.17) is 4.74 Å². The van der Waals surface area contributed by atoms with Crippen molar-refractivity contribution in [2.24, 2.45) is 4.99 Å². The van der Waals surface area contributed by atoms with Gasteiger partial charge in [0.1, 0.15) is 0 Å². The summed E-state index contributed by atoms with van der Waals surface area (Å²) in [4.78, 5) is 16.5. The normalized spacial score (nSPS) is 11.7. The molecule has 0 unspecified atom stereocenters. The summed E-state index contributed by atoms with van der Waals surface area (Å²) < 4.78 is 4.84. The van der Waals surface area contributed by atoms with Crippen molar-refractivity contribution in [3.05, 3.63) is 71.3 Å². The van der Waals surface area contributed by atoms with Crippen molar-refractivity contribution in [3.8, 4) is 0 Å². The van der Waals surface area contributed by atoms with E-state index in [1.165, 1.54) is 26.4 Å². The second kappa shape index (κ2) is 11.0. The molecule has 0 spiro atoms. The van der Waals surface area contributed by atoms with E-state index >= 15 is 0 Å². The number of benzene rings is 2. The molecule has 0 amide bonds. The van der Waals surface area contributed by atoms with Gasteiger partial charge >= 0.3 is 5.97 Å². The van der Waals surface area contributed by atoms with Crippen LogP contribution in [0.4, 0.5) is 5.69 Å². The van der Waals surface area contributed by atoms with Gasteiger partial charge in [0.2, 0.25) is 0 Å². The van der Waals surface area contributed by atoms with Crippen LogP contribution in [-0.4, -0.2) is 19.3 Å². The number of para-hydroxylation sites is 1. The molecule has 26 heavy (non-hydrogen) atoms. The van der Waals surface area contributed by atoms with Crippen LogP contribution in [0.2, 0.25) is 0 Å². The second-order valence-electron chi connectivity index (χ2n) is 6.21. The molecule has 0 N–H and O–H groups in total. The van der Waals surface area contributed by atoms with E-state index in [1.54, 1.807) is 6.07 Å². The number of ether oxygens (including phenoxy) is 1. The first-order valence-electron chi connectivity index (χ1n) is 9.21. The minimum atomic E-state index is -0.366. The monoisotopic (exact) mass is 349 g/mol. The van der Waals surface area contributed by atoms with E-state index in [-0.39, 0.29) is 5.97 Å². The van der Waals surface area contributed by atoms with Gasteiger partial charge < -0.3 is 4.74 Å². The lowest BCUT2D eigenvalue weighted by Crippen LogP contribution is -2.01. The third-order valence-corrected chi connectivity index (χ3v) is 4.15. The molecule has 0 atom stereocenters. The van der Waals surface area contributed by atoms with Crippen molar-refractivity contribution in [2.45, 2.75) is 39.0 Å². The average Bonchev–Trinajstić information content (AvgIpc) is 2.69. The number of methoxy groups -OCH3 is 1. The molecule has 0 aliphatic carbocycles. The van der Waals surface area contributed by atoms with Crippen molar-refractivity contribution in [1.29, 1.82) is 0 Å². The Hall–Kier alpha value is -2.68. The number of unbranched alkanes of at least 4 members (excludes halogenated alkanes) is 3. The fourth-order valence-electron chi connectivity index (χ4n) is 2.71. The van der Waals surface area contributed by atoms with Gasteiger partial charge in [0.05, 0.1) is 18.4 Å². The number of hydrogen-bond donors (Lipinski definition) is 0. The summed E-state index contributed by atoms with van der Waals surface area (Å²) in [6.07, 6.45) is 9.83. The minimum Gasteiger partial charge on any atom is -0.465 e. The predicted octanol–water partition coefficient (Wildman–Crippen LogP) is 6.23. The largest absolute Gasteiger partial charge is 0.465 e. The van der Waals surface area contributed by atoms with Crippen molar-refractivity contribution in [2.75, 3.05) is 7.11 Å². The number of esters is 1.